The normalized spacial score (nSPS) is 16.1. The van der Waals surface area contributed by atoms with Crippen molar-refractivity contribution < 1.29 is 9.53 Å². The molecule has 0 radical (unpaired) electrons. The Morgan fingerprint density at radius 3 is 2.48 bits per heavy atom. The van der Waals surface area contributed by atoms with Crippen LogP contribution in [0.2, 0.25) is 10.0 Å². The zero-order chi connectivity index (χ0) is 19.4. The number of piperazine rings is 1. The molecule has 1 fully saturated rings. The van der Waals surface area contributed by atoms with E-state index >= 15 is 0 Å². The van der Waals surface area contributed by atoms with Gasteiger partial charge in [-0.05, 0) is 50.4 Å². The van der Waals surface area contributed by atoms with E-state index in [1.165, 1.54) is 0 Å². The van der Waals surface area contributed by atoms with Crippen molar-refractivity contribution in [3.05, 3.63) is 52.5 Å². The fourth-order valence-electron chi connectivity index (χ4n) is 2.96. The highest BCUT2D eigenvalue weighted by molar-refractivity contribution is 6.31. The molecule has 0 bridgehead atoms. The van der Waals surface area contributed by atoms with Crippen molar-refractivity contribution >= 4 is 40.5 Å². The number of rotatable bonds is 5. The minimum atomic E-state index is -0.678. The predicted molar refractivity (Wildman–Crippen MR) is 111 cm³/mol. The van der Waals surface area contributed by atoms with Crippen LogP contribution in [0.25, 0.3) is 0 Å². The summed E-state index contributed by atoms with van der Waals surface area (Å²) in [6.07, 6.45) is -0.678. The van der Waals surface area contributed by atoms with Gasteiger partial charge in [-0.3, -0.25) is 4.79 Å². The van der Waals surface area contributed by atoms with Gasteiger partial charge in [-0.15, -0.1) is 0 Å². The Hall–Kier alpha value is -1.95. The van der Waals surface area contributed by atoms with E-state index in [4.69, 9.17) is 27.9 Å². The summed E-state index contributed by atoms with van der Waals surface area (Å²) < 4.78 is 5.71. The van der Waals surface area contributed by atoms with Gasteiger partial charge in [-0.1, -0.05) is 29.3 Å². The van der Waals surface area contributed by atoms with Crippen LogP contribution in [0.1, 0.15) is 6.92 Å². The number of likely N-dealkylation sites (N-methyl/N-ethyl adjacent to an activating group) is 1. The lowest BCUT2D eigenvalue weighted by molar-refractivity contribution is -0.122. The molecule has 144 valence electrons. The Labute approximate surface area is 169 Å². The van der Waals surface area contributed by atoms with Crippen LogP contribution >= 0.6 is 23.2 Å². The van der Waals surface area contributed by atoms with Gasteiger partial charge in [0.1, 0.15) is 5.75 Å². The number of benzene rings is 2. The number of halogens is 2. The van der Waals surface area contributed by atoms with Crippen LogP contribution in [0.5, 0.6) is 5.75 Å². The minimum Gasteiger partial charge on any atom is -0.481 e. The Morgan fingerprint density at radius 2 is 1.78 bits per heavy atom. The van der Waals surface area contributed by atoms with Crippen LogP contribution in [0.3, 0.4) is 0 Å². The van der Waals surface area contributed by atoms with Crippen molar-refractivity contribution in [2.75, 3.05) is 43.4 Å². The molecule has 2 aromatic carbocycles. The minimum absolute atomic E-state index is 0.243. The summed E-state index contributed by atoms with van der Waals surface area (Å²) in [5.74, 6) is 0.308. The van der Waals surface area contributed by atoms with E-state index < -0.39 is 6.10 Å². The lowest BCUT2D eigenvalue weighted by Crippen LogP contribution is -2.44. The molecule has 5 nitrogen and oxygen atoms in total. The number of carbonyl (C=O) groups excluding carboxylic acids is 1. The molecule has 1 unspecified atom stereocenters. The molecule has 1 saturated heterocycles. The van der Waals surface area contributed by atoms with Gasteiger partial charge < -0.3 is 19.9 Å². The first-order chi connectivity index (χ1) is 12.9. The zero-order valence-corrected chi connectivity index (χ0v) is 16.9. The summed E-state index contributed by atoms with van der Waals surface area (Å²) in [6, 6.07) is 12.6. The summed E-state index contributed by atoms with van der Waals surface area (Å²) in [5, 5.41) is 4.10. The van der Waals surface area contributed by atoms with E-state index in [0.717, 1.165) is 31.9 Å². The molecule has 27 heavy (non-hydrogen) atoms. The zero-order valence-electron chi connectivity index (χ0n) is 15.4. The highest BCUT2D eigenvalue weighted by Crippen LogP contribution is 2.30. The molecule has 0 spiro atoms. The van der Waals surface area contributed by atoms with Crippen LogP contribution in [-0.2, 0) is 4.79 Å². The van der Waals surface area contributed by atoms with Crippen molar-refractivity contribution in [2.45, 2.75) is 13.0 Å². The van der Waals surface area contributed by atoms with Crippen molar-refractivity contribution in [1.29, 1.82) is 0 Å². The van der Waals surface area contributed by atoms with E-state index in [1.807, 2.05) is 12.1 Å². The number of ether oxygens (including phenoxy) is 1. The molecule has 1 atom stereocenters. The summed E-state index contributed by atoms with van der Waals surface area (Å²) in [6.45, 7) is 5.45. The largest absolute Gasteiger partial charge is 0.481 e. The smallest absolute Gasteiger partial charge is 0.265 e. The van der Waals surface area contributed by atoms with E-state index in [2.05, 4.69) is 22.2 Å². The van der Waals surface area contributed by atoms with Crippen LogP contribution in [-0.4, -0.2) is 50.1 Å². The maximum absolute atomic E-state index is 12.7. The molecular weight excluding hydrogens is 385 g/mol. The first-order valence-corrected chi connectivity index (χ1v) is 9.64. The van der Waals surface area contributed by atoms with E-state index in [9.17, 15) is 4.79 Å². The molecule has 1 heterocycles. The Bertz CT molecular complexity index is 808. The number of nitrogens with zero attached hydrogens (tertiary/aromatic N) is 2. The van der Waals surface area contributed by atoms with Crippen molar-refractivity contribution in [1.82, 2.24) is 4.90 Å². The molecule has 1 aliphatic rings. The molecule has 0 aliphatic carbocycles. The molecular formula is C20H23Cl2N3O2. The fraction of sp³-hybridized carbons (Fsp3) is 0.350. The van der Waals surface area contributed by atoms with Gasteiger partial charge in [0.05, 0.1) is 11.4 Å². The second-order valence-corrected chi connectivity index (χ2v) is 7.53. The standard InChI is InChI=1S/C20H23Cl2N3O2/c1-14(27-17-5-3-4-15(21)12-17)20(26)23-18-13-16(22)6-7-19(18)25-10-8-24(2)9-11-25/h3-7,12-14H,8-11H2,1-2H3,(H,23,26). The van der Waals surface area contributed by atoms with Crippen LogP contribution in [0, 0.1) is 0 Å². The molecule has 3 rings (SSSR count). The van der Waals surface area contributed by atoms with Crippen molar-refractivity contribution in [3.63, 3.8) is 0 Å². The maximum Gasteiger partial charge on any atom is 0.265 e. The van der Waals surface area contributed by atoms with Gasteiger partial charge in [-0.25, -0.2) is 0 Å². The molecule has 2 aromatic rings. The third-order valence-corrected chi connectivity index (χ3v) is 5.01. The van der Waals surface area contributed by atoms with Crippen molar-refractivity contribution in [3.8, 4) is 5.75 Å². The topological polar surface area (TPSA) is 44.8 Å². The molecule has 1 aliphatic heterocycles. The van der Waals surface area contributed by atoms with Gasteiger partial charge in [0.15, 0.2) is 6.10 Å². The highest BCUT2D eigenvalue weighted by atomic mass is 35.5. The third-order valence-electron chi connectivity index (χ3n) is 4.54. The lowest BCUT2D eigenvalue weighted by atomic mass is 10.2. The van der Waals surface area contributed by atoms with Gasteiger partial charge >= 0.3 is 0 Å². The molecule has 0 saturated carbocycles. The molecule has 7 heteroatoms. The van der Waals surface area contributed by atoms with Crippen LogP contribution < -0.4 is 15.0 Å². The van der Waals surface area contributed by atoms with E-state index in [0.29, 0.717) is 21.5 Å². The summed E-state index contributed by atoms with van der Waals surface area (Å²) in [7, 11) is 2.11. The average Bonchev–Trinajstić information content (AvgIpc) is 2.63. The first kappa shape index (κ1) is 19.8. The SMILES string of the molecule is CC(Oc1cccc(Cl)c1)C(=O)Nc1cc(Cl)ccc1N1CCN(C)CC1. The van der Waals surface area contributed by atoms with E-state index in [1.54, 1.807) is 37.3 Å². The van der Waals surface area contributed by atoms with Crippen molar-refractivity contribution in [2.24, 2.45) is 0 Å². The predicted octanol–water partition coefficient (Wildman–Crippen LogP) is 4.15. The quantitative estimate of drug-likeness (QED) is 0.808. The Morgan fingerprint density at radius 1 is 1.07 bits per heavy atom. The van der Waals surface area contributed by atoms with E-state index in [-0.39, 0.29) is 5.91 Å². The third kappa shape index (κ3) is 5.28. The monoisotopic (exact) mass is 407 g/mol. The number of hydrogen-bond acceptors (Lipinski definition) is 4. The van der Waals surface area contributed by atoms with Gasteiger partial charge in [0, 0.05) is 36.2 Å². The number of anilines is 2. The number of carbonyl (C=O) groups is 1. The average molecular weight is 408 g/mol. The second kappa shape index (κ2) is 8.83. The van der Waals surface area contributed by atoms with Gasteiger partial charge in [0.25, 0.3) is 5.91 Å². The molecule has 1 amide bonds. The van der Waals surface area contributed by atoms with Gasteiger partial charge in [0.2, 0.25) is 0 Å². The number of nitrogens with one attached hydrogen (secondary N) is 1. The van der Waals surface area contributed by atoms with Crippen LogP contribution in [0.4, 0.5) is 11.4 Å². The Kier molecular flexibility index (Phi) is 6.47. The fourth-order valence-corrected chi connectivity index (χ4v) is 3.32. The second-order valence-electron chi connectivity index (χ2n) is 6.66. The first-order valence-electron chi connectivity index (χ1n) is 8.88. The number of hydrogen-bond donors (Lipinski definition) is 1. The van der Waals surface area contributed by atoms with Gasteiger partial charge in [-0.2, -0.15) is 0 Å². The summed E-state index contributed by atoms with van der Waals surface area (Å²) >= 11 is 12.1. The summed E-state index contributed by atoms with van der Waals surface area (Å²) in [4.78, 5) is 17.2. The molecule has 0 aromatic heterocycles. The lowest BCUT2D eigenvalue weighted by Gasteiger charge is -2.35. The van der Waals surface area contributed by atoms with Crippen LogP contribution in [0.15, 0.2) is 42.5 Å². The highest BCUT2D eigenvalue weighted by Gasteiger charge is 2.21. The Balaban J connectivity index is 1.72. The molecule has 1 N–H and O–H groups in total. The number of amides is 1. The maximum atomic E-state index is 12.7. The summed E-state index contributed by atoms with van der Waals surface area (Å²) in [5.41, 5.74) is 1.66.